The molecule has 7 aromatic rings. The average Bonchev–Trinajstić information content (AvgIpc) is 3.42. The van der Waals surface area contributed by atoms with Crippen molar-refractivity contribution in [3.63, 3.8) is 0 Å². The highest BCUT2D eigenvalue weighted by molar-refractivity contribution is 6.07. The number of aromatic amines is 2. The van der Waals surface area contributed by atoms with Gasteiger partial charge in [-0.05, 0) is 12.1 Å². The molecule has 0 fully saturated rings. The van der Waals surface area contributed by atoms with Crippen LogP contribution in [0, 0.1) is 0 Å². The van der Waals surface area contributed by atoms with E-state index < -0.39 is 0 Å². The molecular weight excluding hydrogens is 576 g/mol. The number of para-hydroxylation sites is 2. The summed E-state index contributed by atoms with van der Waals surface area (Å²) >= 11 is 0. The van der Waals surface area contributed by atoms with Crippen molar-refractivity contribution in [1.82, 2.24) is 9.97 Å². The van der Waals surface area contributed by atoms with Crippen LogP contribution in [0.25, 0.3) is 43.6 Å². The van der Waals surface area contributed by atoms with E-state index in [-0.39, 0.29) is 34.0 Å². The van der Waals surface area contributed by atoms with Crippen molar-refractivity contribution in [3.05, 3.63) is 121 Å². The maximum absolute atomic E-state index is 3.54. The number of pyridine rings is 2. The molecule has 6 heteroatoms. The second kappa shape index (κ2) is 9.88. The van der Waals surface area contributed by atoms with Gasteiger partial charge in [-0.2, -0.15) is 9.13 Å². The van der Waals surface area contributed by atoms with Crippen molar-refractivity contribution >= 4 is 43.6 Å². The highest BCUT2D eigenvalue weighted by Crippen LogP contribution is 2.24. The zero-order valence-corrected chi connectivity index (χ0v) is 22.6. The van der Waals surface area contributed by atoms with E-state index in [1.54, 1.807) is 0 Å². The lowest BCUT2D eigenvalue weighted by Crippen LogP contribution is -3.00. The Morgan fingerprint density at radius 3 is 1.28 bits per heavy atom. The van der Waals surface area contributed by atoms with E-state index >= 15 is 0 Å². The second-order valence-electron chi connectivity index (χ2n) is 9.05. The van der Waals surface area contributed by atoms with Gasteiger partial charge in [0.25, 0.3) is 0 Å². The van der Waals surface area contributed by atoms with Crippen LogP contribution in [0.5, 0.6) is 0 Å². The first-order valence-electron chi connectivity index (χ1n) is 11.7. The van der Waals surface area contributed by atoms with Crippen LogP contribution in [0.2, 0.25) is 0 Å². The fraction of sp³-hybridized carbons (Fsp3) is 0.0667. The third-order valence-electron chi connectivity index (χ3n) is 6.76. The van der Waals surface area contributed by atoms with E-state index in [1.807, 2.05) is 0 Å². The first-order valence-corrected chi connectivity index (χ1v) is 11.7. The van der Waals surface area contributed by atoms with Crippen LogP contribution in [-0.2, 0) is 13.1 Å². The minimum Gasteiger partial charge on any atom is -1.00 e. The zero-order valence-electron chi connectivity index (χ0n) is 19.5. The number of hydrogen-bond acceptors (Lipinski definition) is 0. The lowest BCUT2D eigenvalue weighted by molar-refractivity contribution is -0.687. The molecule has 4 heterocycles. The van der Waals surface area contributed by atoms with Crippen LogP contribution in [0.1, 0.15) is 11.1 Å². The largest absolute Gasteiger partial charge is 1.00 e. The highest BCUT2D eigenvalue weighted by atomic mass is 79.9. The summed E-state index contributed by atoms with van der Waals surface area (Å²) in [4.78, 5) is 7.07. The number of fused-ring (bicyclic) bond motifs is 6. The summed E-state index contributed by atoms with van der Waals surface area (Å²) in [6.07, 6.45) is 8.74. The van der Waals surface area contributed by atoms with Gasteiger partial charge in [0.1, 0.15) is 11.0 Å². The van der Waals surface area contributed by atoms with Crippen molar-refractivity contribution in [2.24, 2.45) is 0 Å². The molecule has 0 aliphatic heterocycles. The van der Waals surface area contributed by atoms with Crippen LogP contribution >= 0.6 is 0 Å². The number of hydrogen-bond donors (Lipinski definition) is 2. The number of halogens is 2. The van der Waals surface area contributed by atoms with Crippen LogP contribution in [0.15, 0.2) is 110 Å². The van der Waals surface area contributed by atoms with Gasteiger partial charge in [-0.1, -0.05) is 60.7 Å². The topological polar surface area (TPSA) is 39.3 Å². The first-order chi connectivity index (χ1) is 16.8. The maximum Gasteiger partial charge on any atom is 0.193 e. The van der Waals surface area contributed by atoms with Gasteiger partial charge in [0, 0.05) is 55.8 Å². The molecule has 0 aliphatic carbocycles. The molecule has 36 heavy (non-hydrogen) atoms. The van der Waals surface area contributed by atoms with Gasteiger partial charge in [0.15, 0.2) is 37.9 Å². The van der Waals surface area contributed by atoms with Crippen LogP contribution in [0.4, 0.5) is 0 Å². The van der Waals surface area contributed by atoms with Crippen molar-refractivity contribution in [2.75, 3.05) is 0 Å². The monoisotopic (exact) mass is 598 g/mol. The fourth-order valence-electron chi connectivity index (χ4n) is 5.06. The van der Waals surface area contributed by atoms with Crippen molar-refractivity contribution < 1.29 is 43.1 Å². The Bertz CT molecular complexity index is 1680. The number of nitrogens with zero attached hydrogens (tertiary/aromatic N) is 2. The molecule has 0 aliphatic rings. The van der Waals surface area contributed by atoms with E-state index in [2.05, 4.69) is 129 Å². The summed E-state index contributed by atoms with van der Waals surface area (Å²) in [5.74, 6) is 0. The van der Waals surface area contributed by atoms with Gasteiger partial charge in [-0.25, -0.2) is 0 Å². The number of benzene rings is 3. The van der Waals surface area contributed by atoms with Crippen LogP contribution in [-0.4, -0.2) is 9.97 Å². The molecule has 0 saturated heterocycles. The summed E-state index contributed by atoms with van der Waals surface area (Å²) in [5.41, 5.74) is 7.29. The van der Waals surface area contributed by atoms with Gasteiger partial charge in [-0.3, -0.25) is 0 Å². The molecule has 0 amide bonds. The summed E-state index contributed by atoms with van der Waals surface area (Å²) in [5, 5.41) is 5.09. The molecular formula is C30H24Br2N4. The lowest BCUT2D eigenvalue weighted by atomic mass is 10.1. The number of rotatable bonds is 4. The SMILES string of the molecule is [Br-].[Br-].c1ccc2c(c1)[nH]c1c[n+](Cc3ccc(C[n+]4ccc5c(c4)[nH]c4ccccc45)cc3)ccc12. The summed E-state index contributed by atoms with van der Waals surface area (Å²) in [6.45, 7) is 1.69. The fourth-order valence-corrected chi connectivity index (χ4v) is 5.06. The molecule has 178 valence electrons. The van der Waals surface area contributed by atoms with Crippen molar-refractivity contribution in [2.45, 2.75) is 13.1 Å². The minimum absolute atomic E-state index is 0. The third-order valence-corrected chi connectivity index (χ3v) is 6.76. The standard InChI is InChI=1S/C30H22N4.2BrH/c1-3-7-27-23(5-1)25-13-15-33(19-29(25)31-27)17-21-9-11-22(12-10-21)18-34-16-14-26-24-6-2-4-8-28(24)32-30(26)20-34;;/h1-16,19-20H,17-18H2;2*1H. The predicted molar refractivity (Wildman–Crippen MR) is 137 cm³/mol. The Hall–Kier alpha value is -3.48. The zero-order chi connectivity index (χ0) is 22.5. The van der Waals surface area contributed by atoms with E-state index in [1.165, 1.54) is 54.7 Å². The Kier molecular flexibility index (Phi) is 6.65. The molecule has 4 nitrogen and oxygen atoms in total. The summed E-state index contributed by atoms with van der Waals surface area (Å²) < 4.78 is 4.48. The number of H-pyrrole nitrogens is 2. The first kappa shape index (κ1) is 24.2. The summed E-state index contributed by atoms with van der Waals surface area (Å²) in [7, 11) is 0. The Labute approximate surface area is 229 Å². The number of aromatic nitrogens is 4. The van der Waals surface area contributed by atoms with Crippen LogP contribution in [0.3, 0.4) is 0 Å². The second-order valence-corrected chi connectivity index (χ2v) is 9.05. The molecule has 0 radical (unpaired) electrons. The average molecular weight is 600 g/mol. The third kappa shape index (κ3) is 4.31. The normalized spacial score (nSPS) is 11.1. The number of nitrogens with one attached hydrogen (secondary N) is 2. The van der Waals surface area contributed by atoms with E-state index in [4.69, 9.17) is 0 Å². The molecule has 0 saturated carbocycles. The quantitative estimate of drug-likeness (QED) is 0.260. The Balaban J connectivity index is 0.00000133. The van der Waals surface area contributed by atoms with Crippen molar-refractivity contribution in [3.8, 4) is 0 Å². The van der Waals surface area contributed by atoms with Gasteiger partial charge in [-0.15, -0.1) is 0 Å². The predicted octanol–water partition coefficient (Wildman–Crippen LogP) is -0.365. The van der Waals surface area contributed by atoms with Crippen LogP contribution < -0.4 is 43.1 Å². The van der Waals surface area contributed by atoms with E-state index in [0.29, 0.717) is 0 Å². The van der Waals surface area contributed by atoms with Crippen molar-refractivity contribution in [1.29, 1.82) is 0 Å². The van der Waals surface area contributed by atoms with Gasteiger partial charge < -0.3 is 43.9 Å². The summed E-state index contributed by atoms with van der Waals surface area (Å²) in [6, 6.07) is 30.3. The van der Waals surface area contributed by atoms with Gasteiger partial charge in [0.2, 0.25) is 0 Å². The van der Waals surface area contributed by atoms with E-state index in [9.17, 15) is 0 Å². The Morgan fingerprint density at radius 2 is 0.833 bits per heavy atom. The maximum atomic E-state index is 3.54. The van der Waals surface area contributed by atoms with Gasteiger partial charge >= 0.3 is 0 Å². The molecule has 0 unspecified atom stereocenters. The molecule has 0 spiro atoms. The Morgan fingerprint density at radius 1 is 0.444 bits per heavy atom. The smallest absolute Gasteiger partial charge is 0.193 e. The molecule has 7 rings (SSSR count). The molecule has 4 aromatic heterocycles. The molecule has 0 atom stereocenters. The lowest BCUT2D eigenvalue weighted by Gasteiger charge is -2.01. The molecule has 2 N–H and O–H groups in total. The van der Waals surface area contributed by atoms with E-state index in [0.717, 1.165) is 13.1 Å². The molecule has 0 bridgehead atoms. The van der Waals surface area contributed by atoms with Gasteiger partial charge in [0.05, 0.1) is 0 Å². The highest BCUT2D eigenvalue weighted by Gasteiger charge is 2.12. The molecule has 3 aromatic carbocycles. The minimum atomic E-state index is 0.